The lowest BCUT2D eigenvalue weighted by Crippen LogP contribution is -2.43. The minimum Gasteiger partial charge on any atom is -0.493 e. The average molecular weight is 389 g/mol. The molecule has 6 nitrogen and oxygen atoms in total. The Hall–Kier alpha value is -1.31. The molecule has 1 aromatic carbocycles. The smallest absolute Gasteiger partial charge is 0.258 e. The summed E-state index contributed by atoms with van der Waals surface area (Å²) >= 11 is 3.48. The van der Waals surface area contributed by atoms with Crippen LogP contribution in [0.2, 0.25) is 0 Å². The zero-order valence-corrected chi connectivity index (χ0v) is 15.6. The molecule has 1 aromatic rings. The van der Waals surface area contributed by atoms with E-state index in [1.54, 1.807) is 13.2 Å². The number of rotatable bonds is 8. The van der Waals surface area contributed by atoms with Gasteiger partial charge in [0, 0.05) is 23.1 Å². The molecule has 130 valence electrons. The highest BCUT2D eigenvalue weighted by Gasteiger charge is 2.16. The highest BCUT2D eigenvalue weighted by atomic mass is 79.9. The molecular weight excluding hydrogens is 364 g/mol. The van der Waals surface area contributed by atoms with Crippen LogP contribution >= 0.6 is 15.9 Å². The summed E-state index contributed by atoms with van der Waals surface area (Å²) < 4.78 is 11.7. The third kappa shape index (κ3) is 7.20. The van der Waals surface area contributed by atoms with Crippen molar-refractivity contribution in [2.24, 2.45) is 0 Å². The molecule has 0 spiro atoms. The van der Waals surface area contributed by atoms with Crippen molar-refractivity contribution in [1.82, 2.24) is 10.6 Å². The Bertz CT molecular complexity index is 530. The van der Waals surface area contributed by atoms with Gasteiger partial charge in [0.2, 0.25) is 0 Å². The zero-order valence-electron chi connectivity index (χ0n) is 14.0. The highest BCUT2D eigenvalue weighted by molar-refractivity contribution is 9.10. The number of hydrogen-bond acceptors (Lipinski definition) is 5. The lowest BCUT2D eigenvalue weighted by atomic mass is 10.1. The molecule has 0 aliphatic heterocycles. The third-order valence-electron chi connectivity index (χ3n) is 2.81. The average Bonchev–Trinajstić information content (AvgIpc) is 2.45. The van der Waals surface area contributed by atoms with Crippen LogP contribution in [0.15, 0.2) is 16.6 Å². The molecule has 1 amide bonds. The predicted octanol–water partition coefficient (Wildman–Crippen LogP) is 1.83. The van der Waals surface area contributed by atoms with Crippen LogP contribution in [-0.2, 0) is 11.3 Å². The van der Waals surface area contributed by atoms with Gasteiger partial charge in [-0.05, 0) is 38.5 Å². The van der Waals surface area contributed by atoms with E-state index in [0.717, 1.165) is 10.0 Å². The molecular formula is C16H25BrN2O4. The van der Waals surface area contributed by atoms with Crippen molar-refractivity contribution in [2.75, 3.05) is 26.9 Å². The molecule has 7 heteroatoms. The molecule has 0 aliphatic carbocycles. The summed E-state index contributed by atoms with van der Waals surface area (Å²) in [7, 11) is 1.55. The maximum atomic E-state index is 11.8. The molecule has 0 bridgehead atoms. The molecule has 0 aromatic heterocycles. The van der Waals surface area contributed by atoms with E-state index in [2.05, 4.69) is 26.6 Å². The van der Waals surface area contributed by atoms with Crippen LogP contribution in [0.25, 0.3) is 0 Å². The van der Waals surface area contributed by atoms with E-state index < -0.39 is 0 Å². The molecule has 0 heterocycles. The summed E-state index contributed by atoms with van der Waals surface area (Å²) in [6.07, 6.45) is 0. The van der Waals surface area contributed by atoms with Gasteiger partial charge in [-0.3, -0.25) is 4.79 Å². The zero-order chi connectivity index (χ0) is 17.5. The number of carbonyl (C=O) groups is 1. The first kappa shape index (κ1) is 19.7. The third-order valence-corrected chi connectivity index (χ3v) is 3.55. The van der Waals surface area contributed by atoms with E-state index in [0.29, 0.717) is 24.6 Å². The minimum atomic E-state index is -0.298. The Kier molecular flexibility index (Phi) is 7.81. The Balaban J connectivity index is 2.75. The Morgan fingerprint density at radius 2 is 2.00 bits per heavy atom. The van der Waals surface area contributed by atoms with Crippen molar-refractivity contribution in [3.05, 3.63) is 22.2 Å². The summed E-state index contributed by atoms with van der Waals surface area (Å²) in [6, 6.07) is 3.62. The Morgan fingerprint density at radius 1 is 1.30 bits per heavy atom. The summed E-state index contributed by atoms with van der Waals surface area (Å²) in [4.78, 5) is 11.8. The molecule has 23 heavy (non-hydrogen) atoms. The van der Waals surface area contributed by atoms with Crippen LogP contribution < -0.4 is 20.1 Å². The van der Waals surface area contributed by atoms with Crippen molar-refractivity contribution in [3.8, 4) is 11.5 Å². The second-order valence-corrected chi connectivity index (χ2v) is 6.94. The molecule has 0 unspecified atom stereocenters. The maximum Gasteiger partial charge on any atom is 0.258 e. The number of ether oxygens (including phenoxy) is 2. The fraction of sp³-hybridized carbons (Fsp3) is 0.562. The summed E-state index contributed by atoms with van der Waals surface area (Å²) in [5, 5.41) is 14.7. The number of halogens is 1. The van der Waals surface area contributed by atoms with Crippen molar-refractivity contribution < 1.29 is 19.4 Å². The summed E-state index contributed by atoms with van der Waals surface area (Å²) in [5.41, 5.74) is 0.676. The van der Waals surface area contributed by atoms with Gasteiger partial charge in [-0.2, -0.15) is 0 Å². The van der Waals surface area contributed by atoms with Gasteiger partial charge in [0.15, 0.2) is 18.1 Å². The molecule has 3 N–H and O–H groups in total. The fourth-order valence-electron chi connectivity index (χ4n) is 1.88. The van der Waals surface area contributed by atoms with Gasteiger partial charge in [0.25, 0.3) is 5.91 Å². The Labute approximate surface area is 145 Å². The van der Waals surface area contributed by atoms with Crippen LogP contribution in [0.5, 0.6) is 11.5 Å². The number of amides is 1. The lowest BCUT2D eigenvalue weighted by Gasteiger charge is -2.21. The van der Waals surface area contributed by atoms with Crippen LogP contribution in [0.1, 0.15) is 26.3 Å². The van der Waals surface area contributed by atoms with Crippen molar-refractivity contribution in [3.63, 3.8) is 0 Å². The predicted molar refractivity (Wildman–Crippen MR) is 92.9 cm³/mol. The minimum absolute atomic E-state index is 0.0812. The number of nitrogens with one attached hydrogen (secondary N) is 2. The maximum absolute atomic E-state index is 11.8. The molecule has 1 rings (SSSR count). The number of hydrogen-bond donors (Lipinski definition) is 3. The number of aliphatic hydroxyl groups excluding tert-OH is 1. The van der Waals surface area contributed by atoms with Gasteiger partial charge in [0.1, 0.15) is 0 Å². The molecule has 0 radical (unpaired) electrons. The largest absolute Gasteiger partial charge is 0.493 e. The molecule has 0 fully saturated rings. The lowest BCUT2D eigenvalue weighted by molar-refractivity contribution is -0.124. The van der Waals surface area contributed by atoms with Crippen molar-refractivity contribution in [2.45, 2.75) is 32.9 Å². The molecule has 0 aliphatic rings. The van der Waals surface area contributed by atoms with Gasteiger partial charge < -0.3 is 25.2 Å². The second-order valence-electron chi connectivity index (χ2n) is 6.08. The van der Waals surface area contributed by atoms with Crippen molar-refractivity contribution in [1.29, 1.82) is 0 Å². The van der Waals surface area contributed by atoms with Crippen molar-refractivity contribution >= 4 is 21.8 Å². The molecule has 0 saturated heterocycles. The normalized spacial score (nSPS) is 11.2. The van der Waals surface area contributed by atoms with Gasteiger partial charge in [-0.1, -0.05) is 15.9 Å². The first-order valence-corrected chi connectivity index (χ1v) is 8.18. The Morgan fingerprint density at radius 3 is 2.57 bits per heavy atom. The van der Waals surface area contributed by atoms with E-state index >= 15 is 0 Å². The van der Waals surface area contributed by atoms with Crippen LogP contribution in [0, 0.1) is 0 Å². The number of aliphatic hydroxyl groups is 1. The second kappa shape index (κ2) is 9.10. The van der Waals surface area contributed by atoms with Crippen LogP contribution in [0.3, 0.4) is 0 Å². The highest BCUT2D eigenvalue weighted by Crippen LogP contribution is 2.33. The monoisotopic (exact) mass is 388 g/mol. The topological polar surface area (TPSA) is 79.8 Å². The number of carbonyl (C=O) groups excluding carboxylic acids is 1. The molecule has 0 saturated carbocycles. The van der Waals surface area contributed by atoms with Gasteiger partial charge in [-0.15, -0.1) is 0 Å². The first-order chi connectivity index (χ1) is 10.8. The van der Waals surface area contributed by atoms with Crippen LogP contribution in [0.4, 0.5) is 0 Å². The van der Waals surface area contributed by atoms with Gasteiger partial charge in [0.05, 0.1) is 13.7 Å². The fourth-order valence-corrected chi connectivity index (χ4v) is 2.35. The first-order valence-electron chi connectivity index (χ1n) is 7.38. The van der Waals surface area contributed by atoms with Crippen LogP contribution in [-0.4, -0.2) is 43.4 Å². The van der Waals surface area contributed by atoms with Gasteiger partial charge in [-0.25, -0.2) is 0 Å². The molecule has 0 atom stereocenters. The van der Waals surface area contributed by atoms with E-state index in [1.807, 2.05) is 26.8 Å². The van der Waals surface area contributed by atoms with E-state index in [1.165, 1.54) is 0 Å². The number of methoxy groups -OCH3 is 1. The standard InChI is InChI=1S/C16H25BrN2O4/c1-16(2,3)19-15(21)10-23-14-8-12(17)11(7-13(14)22-4)9-18-5-6-20/h7-8,18,20H,5-6,9-10H2,1-4H3,(H,19,21). The van der Waals surface area contributed by atoms with Gasteiger partial charge >= 0.3 is 0 Å². The van der Waals surface area contributed by atoms with E-state index in [4.69, 9.17) is 14.6 Å². The quantitative estimate of drug-likeness (QED) is 0.592. The summed E-state index contributed by atoms with van der Waals surface area (Å²) in [6.45, 7) is 6.84. The SMILES string of the molecule is COc1cc(CNCCO)c(Br)cc1OCC(=O)NC(C)(C)C. The van der Waals surface area contributed by atoms with E-state index in [-0.39, 0.29) is 24.7 Å². The number of benzene rings is 1. The van der Waals surface area contributed by atoms with E-state index in [9.17, 15) is 4.79 Å². The summed E-state index contributed by atoms with van der Waals surface area (Å²) in [5.74, 6) is 0.858.